The van der Waals surface area contributed by atoms with E-state index in [2.05, 4.69) is 42.7 Å². The van der Waals surface area contributed by atoms with Gasteiger partial charge in [0.05, 0.1) is 25.6 Å². The van der Waals surface area contributed by atoms with E-state index in [1.165, 1.54) is 52.2 Å². The normalized spacial score (nSPS) is 19.2. The number of quaternary nitrogens is 1. The number of nitrogens with one attached hydrogen (secondary N) is 2. The number of amides is 1. The zero-order chi connectivity index (χ0) is 19.5. The summed E-state index contributed by atoms with van der Waals surface area (Å²) in [7, 11) is 2.20. The highest BCUT2D eigenvalue weighted by Gasteiger charge is 2.27. The van der Waals surface area contributed by atoms with E-state index in [9.17, 15) is 10.1 Å². The Morgan fingerprint density at radius 3 is 2.93 bits per heavy atom. The number of aryl methyl sites for hydroxylation is 2. The maximum Gasteiger partial charge on any atom is 0.230 e. The van der Waals surface area contributed by atoms with Crippen molar-refractivity contribution in [3.8, 4) is 6.07 Å². The van der Waals surface area contributed by atoms with E-state index >= 15 is 0 Å². The predicted octanol–water partition coefficient (Wildman–Crippen LogP) is 3.42. The largest absolute Gasteiger partial charge is 0.331 e. The van der Waals surface area contributed by atoms with Gasteiger partial charge in [-0.25, -0.2) is 0 Å². The Hall–Kier alpha value is -2.16. The van der Waals surface area contributed by atoms with Crippen LogP contribution in [0.3, 0.4) is 0 Å². The van der Waals surface area contributed by atoms with Crippen LogP contribution in [0.5, 0.6) is 0 Å². The molecule has 5 heteroatoms. The first kappa shape index (κ1) is 19.2. The van der Waals surface area contributed by atoms with Gasteiger partial charge >= 0.3 is 0 Å². The minimum Gasteiger partial charge on any atom is -0.331 e. The predicted molar refractivity (Wildman–Crippen MR) is 113 cm³/mol. The summed E-state index contributed by atoms with van der Waals surface area (Å²) in [6.07, 6.45) is 8.39. The minimum absolute atomic E-state index is 0.0264. The average Bonchev–Trinajstić information content (AvgIpc) is 3.08. The topological polar surface area (TPSA) is 57.3 Å². The van der Waals surface area contributed by atoms with Gasteiger partial charge in [-0.3, -0.25) is 4.79 Å². The van der Waals surface area contributed by atoms with Gasteiger partial charge in [-0.1, -0.05) is 24.3 Å². The molecule has 1 unspecified atom stereocenters. The lowest BCUT2D eigenvalue weighted by molar-refractivity contribution is -0.912. The van der Waals surface area contributed by atoms with E-state index in [0.29, 0.717) is 18.0 Å². The van der Waals surface area contributed by atoms with Crippen LogP contribution in [0.25, 0.3) is 0 Å². The number of fused-ring (bicyclic) bond motifs is 2. The quantitative estimate of drug-likeness (QED) is 0.816. The van der Waals surface area contributed by atoms with Gasteiger partial charge in [-0.05, 0) is 49.7 Å². The van der Waals surface area contributed by atoms with Gasteiger partial charge in [0.2, 0.25) is 5.91 Å². The molecule has 2 atom stereocenters. The molecule has 0 saturated carbocycles. The highest BCUT2D eigenvalue weighted by atomic mass is 32.1. The summed E-state index contributed by atoms with van der Waals surface area (Å²) in [5.41, 5.74) is 4.79. The van der Waals surface area contributed by atoms with Crippen LogP contribution in [0.1, 0.15) is 65.3 Å². The molecule has 0 radical (unpaired) electrons. The Balaban J connectivity index is 1.38. The molecule has 1 aromatic carbocycles. The average molecular weight is 395 g/mol. The summed E-state index contributed by atoms with van der Waals surface area (Å²) in [6.45, 7) is 0.803. The first-order valence-electron chi connectivity index (χ1n) is 10.4. The first-order valence-corrected chi connectivity index (χ1v) is 11.2. The molecule has 2 aromatic rings. The third kappa shape index (κ3) is 3.85. The van der Waals surface area contributed by atoms with Gasteiger partial charge in [-0.2, -0.15) is 5.26 Å². The Bertz CT molecular complexity index is 911. The molecule has 2 aliphatic carbocycles. The van der Waals surface area contributed by atoms with Crippen LogP contribution in [-0.4, -0.2) is 19.5 Å². The molecular weight excluding hydrogens is 366 g/mol. The number of nitrogens with zero attached hydrogens (tertiary/aromatic N) is 1. The van der Waals surface area contributed by atoms with Crippen LogP contribution in [-0.2, 0) is 24.1 Å². The van der Waals surface area contributed by atoms with Gasteiger partial charge in [0.15, 0.2) is 0 Å². The van der Waals surface area contributed by atoms with E-state index in [1.54, 1.807) is 11.3 Å². The SMILES string of the molecule is C[NH+](CCC(=O)Nc1sc2c(c1C#N)CCCC2)[C@H]1CCCc2ccccc21. The fraction of sp³-hybridized carbons (Fsp3) is 0.478. The number of hydrogen-bond acceptors (Lipinski definition) is 3. The molecule has 0 bridgehead atoms. The number of hydrogen-bond donors (Lipinski definition) is 2. The second-order valence-corrected chi connectivity index (χ2v) is 9.17. The first-order chi connectivity index (χ1) is 13.7. The van der Waals surface area contributed by atoms with E-state index < -0.39 is 0 Å². The lowest BCUT2D eigenvalue weighted by atomic mass is 9.87. The van der Waals surface area contributed by atoms with Gasteiger partial charge < -0.3 is 10.2 Å². The summed E-state index contributed by atoms with van der Waals surface area (Å²) in [6, 6.07) is 11.5. The molecule has 0 fully saturated rings. The van der Waals surface area contributed by atoms with Crippen molar-refractivity contribution in [2.24, 2.45) is 0 Å². The molecule has 2 N–H and O–H groups in total. The summed E-state index contributed by atoms with van der Waals surface area (Å²) in [4.78, 5) is 15.3. The third-order valence-corrected chi connectivity index (χ3v) is 7.45. The number of rotatable bonds is 5. The molecule has 0 spiro atoms. The number of carbonyl (C=O) groups excluding carboxylic acids is 1. The minimum atomic E-state index is 0.0264. The molecule has 2 aliphatic rings. The van der Waals surface area contributed by atoms with Crippen LogP contribution >= 0.6 is 11.3 Å². The lowest BCUT2D eigenvalue weighted by Crippen LogP contribution is -3.09. The summed E-state index contributed by atoms with van der Waals surface area (Å²) < 4.78 is 0. The van der Waals surface area contributed by atoms with Gasteiger partial charge in [0, 0.05) is 16.9 Å². The van der Waals surface area contributed by atoms with Crippen molar-refractivity contribution in [3.63, 3.8) is 0 Å². The van der Waals surface area contributed by atoms with E-state index in [4.69, 9.17) is 0 Å². The molecule has 1 heterocycles. The standard InChI is InChI=1S/C23H27N3OS/c1-26(20-11-6-8-16-7-2-3-9-17(16)20)14-13-22(27)25-23-19(15-24)18-10-4-5-12-21(18)28-23/h2-3,7,9,20H,4-6,8,10-14H2,1H3,(H,25,27)/p+1/t20-/m0/s1. The van der Waals surface area contributed by atoms with Crippen molar-refractivity contribution < 1.29 is 9.69 Å². The molecule has 4 rings (SSSR count). The van der Waals surface area contributed by atoms with Crippen molar-refractivity contribution >= 4 is 22.2 Å². The van der Waals surface area contributed by atoms with Gasteiger partial charge in [-0.15, -0.1) is 11.3 Å². The highest BCUT2D eigenvalue weighted by molar-refractivity contribution is 7.16. The maximum atomic E-state index is 12.6. The van der Waals surface area contributed by atoms with Crippen LogP contribution in [0.15, 0.2) is 24.3 Å². The second-order valence-electron chi connectivity index (χ2n) is 8.06. The Morgan fingerprint density at radius 1 is 1.25 bits per heavy atom. The van der Waals surface area contributed by atoms with Crippen LogP contribution in [0.4, 0.5) is 5.00 Å². The molecule has 1 aromatic heterocycles. The number of benzene rings is 1. The summed E-state index contributed by atoms with van der Waals surface area (Å²) in [5.74, 6) is 0.0264. The number of thiophene rings is 1. The molecular formula is C23H28N3OS+. The van der Waals surface area contributed by atoms with E-state index in [-0.39, 0.29) is 5.91 Å². The van der Waals surface area contributed by atoms with E-state index in [1.807, 2.05) is 0 Å². The second kappa shape index (κ2) is 8.46. The van der Waals surface area contributed by atoms with Crippen LogP contribution in [0.2, 0.25) is 0 Å². The molecule has 1 amide bonds. The smallest absolute Gasteiger partial charge is 0.230 e. The highest BCUT2D eigenvalue weighted by Crippen LogP contribution is 2.37. The Morgan fingerprint density at radius 2 is 2.07 bits per heavy atom. The third-order valence-electron chi connectivity index (χ3n) is 6.25. The number of nitriles is 1. The molecule has 4 nitrogen and oxygen atoms in total. The monoisotopic (exact) mass is 394 g/mol. The zero-order valence-corrected chi connectivity index (χ0v) is 17.3. The van der Waals surface area contributed by atoms with Crippen molar-refractivity contribution in [2.75, 3.05) is 18.9 Å². The van der Waals surface area contributed by atoms with Crippen LogP contribution in [0, 0.1) is 11.3 Å². The maximum absolute atomic E-state index is 12.6. The Labute approximate surface area is 171 Å². The lowest BCUT2D eigenvalue weighted by Gasteiger charge is -2.30. The van der Waals surface area contributed by atoms with Gasteiger partial charge in [0.1, 0.15) is 17.1 Å². The fourth-order valence-electron chi connectivity index (χ4n) is 4.71. The Kier molecular flexibility index (Phi) is 5.79. The molecule has 0 aliphatic heterocycles. The van der Waals surface area contributed by atoms with Crippen molar-refractivity contribution in [2.45, 2.75) is 57.4 Å². The fourth-order valence-corrected chi connectivity index (χ4v) is 5.97. The van der Waals surface area contributed by atoms with Crippen molar-refractivity contribution in [1.29, 1.82) is 5.26 Å². The van der Waals surface area contributed by atoms with Crippen LogP contribution < -0.4 is 10.2 Å². The molecule has 28 heavy (non-hydrogen) atoms. The summed E-state index contributed by atoms with van der Waals surface area (Å²) in [5, 5.41) is 13.4. The van der Waals surface area contributed by atoms with Gasteiger partial charge in [0.25, 0.3) is 0 Å². The molecule has 146 valence electrons. The number of anilines is 1. The van der Waals surface area contributed by atoms with E-state index in [0.717, 1.165) is 30.8 Å². The molecule has 0 saturated heterocycles. The number of carbonyl (C=O) groups is 1. The zero-order valence-electron chi connectivity index (χ0n) is 16.5. The van der Waals surface area contributed by atoms with Crippen molar-refractivity contribution in [1.82, 2.24) is 0 Å². The van der Waals surface area contributed by atoms with Crippen molar-refractivity contribution in [3.05, 3.63) is 51.4 Å². The summed E-state index contributed by atoms with van der Waals surface area (Å²) >= 11 is 1.61.